The Hall–Kier alpha value is -1.82. The first kappa shape index (κ1) is 13.6. The Labute approximate surface area is 115 Å². The molecule has 100 valence electrons. The summed E-state index contributed by atoms with van der Waals surface area (Å²) in [6, 6.07) is 4.87. The molecule has 2 aromatic rings. The average molecular weight is 277 g/mol. The minimum Gasteiger partial charge on any atom is -0.478 e. The summed E-state index contributed by atoms with van der Waals surface area (Å²) in [5.41, 5.74) is 0.865. The molecule has 2 rings (SSSR count). The Morgan fingerprint density at radius 3 is 2.95 bits per heavy atom. The minimum absolute atomic E-state index is 0.231. The molecule has 1 atom stereocenters. The Balaban J connectivity index is 2.32. The van der Waals surface area contributed by atoms with Crippen LogP contribution in [0, 0.1) is 0 Å². The molecule has 1 aromatic heterocycles. The number of carboxylic acids is 1. The molecule has 0 saturated heterocycles. The average Bonchev–Trinajstić information content (AvgIpc) is 2.43. The molecule has 0 aliphatic carbocycles. The molecule has 1 aromatic carbocycles. The minimum atomic E-state index is -0.953. The van der Waals surface area contributed by atoms with Crippen molar-refractivity contribution in [1.82, 2.24) is 9.97 Å². The van der Waals surface area contributed by atoms with Gasteiger partial charge in [0.25, 0.3) is 0 Å². The van der Waals surface area contributed by atoms with Crippen LogP contribution < -0.4 is 5.32 Å². The van der Waals surface area contributed by atoms with Crippen LogP contribution in [0.3, 0.4) is 0 Å². The van der Waals surface area contributed by atoms with Gasteiger partial charge in [-0.1, -0.05) is 6.92 Å². The third-order valence-electron chi connectivity index (χ3n) is 2.84. The second-order valence-corrected chi connectivity index (χ2v) is 5.46. The molecule has 0 bridgehead atoms. The molecule has 2 N–H and O–H groups in total. The van der Waals surface area contributed by atoms with Gasteiger partial charge in [-0.3, -0.25) is 0 Å². The van der Waals surface area contributed by atoms with E-state index in [2.05, 4.69) is 28.5 Å². The monoisotopic (exact) mass is 277 g/mol. The molecule has 0 saturated carbocycles. The normalized spacial score (nSPS) is 12.3. The van der Waals surface area contributed by atoms with Crippen LogP contribution in [0.15, 0.2) is 24.5 Å². The second-order valence-electron chi connectivity index (χ2n) is 4.19. The highest BCUT2D eigenvalue weighted by Crippen LogP contribution is 2.21. The van der Waals surface area contributed by atoms with Gasteiger partial charge >= 0.3 is 5.97 Å². The van der Waals surface area contributed by atoms with Gasteiger partial charge in [-0.2, -0.15) is 11.8 Å². The van der Waals surface area contributed by atoms with Crippen LogP contribution in [0.4, 0.5) is 5.82 Å². The molecule has 0 radical (unpaired) electrons. The van der Waals surface area contributed by atoms with Gasteiger partial charge in [0.2, 0.25) is 0 Å². The van der Waals surface area contributed by atoms with E-state index in [1.54, 1.807) is 30.0 Å². The Kier molecular flexibility index (Phi) is 4.21. The number of benzene rings is 1. The van der Waals surface area contributed by atoms with Gasteiger partial charge in [0.15, 0.2) is 0 Å². The molecular weight excluding hydrogens is 262 g/mol. The number of hydrogen-bond donors (Lipinski definition) is 2. The summed E-state index contributed by atoms with van der Waals surface area (Å²) in [7, 11) is 0. The lowest BCUT2D eigenvalue weighted by molar-refractivity contribution is 0.0697. The van der Waals surface area contributed by atoms with Gasteiger partial charge < -0.3 is 10.4 Å². The van der Waals surface area contributed by atoms with E-state index in [0.29, 0.717) is 10.8 Å². The molecule has 0 amide bonds. The highest BCUT2D eigenvalue weighted by atomic mass is 32.2. The van der Waals surface area contributed by atoms with E-state index < -0.39 is 5.97 Å². The highest BCUT2D eigenvalue weighted by Gasteiger charge is 2.08. The summed E-state index contributed by atoms with van der Waals surface area (Å²) in [4.78, 5) is 19.2. The first-order chi connectivity index (χ1) is 9.11. The molecule has 0 aliphatic heterocycles. The molecule has 5 nitrogen and oxygen atoms in total. The molecule has 19 heavy (non-hydrogen) atoms. The molecule has 1 heterocycles. The van der Waals surface area contributed by atoms with Crippen LogP contribution in [0.25, 0.3) is 10.9 Å². The van der Waals surface area contributed by atoms with E-state index in [4.69, 9.17) is 5.11 Å². The standard InChI is InChI=1S/C13H15N3O2S/c1-8(19-2)6-14-12-10-4-3-9(13(17)18)5-11(10)15-7-16-12/h3-5,7-8H,6H2,1-2H3,(H,17,18)(H,14,15,16). The first-order valence-corrected chi connectivity index (χ1v) is 7.15. The number of fused-ring (bicyclic) bond motifs is 1. The molecular formula is C13H15N3O2S. The number of nitrogens with zero attached hydrogens (tertiary/aromatic N) is 2. The van der Waals surface area contributed by atoms with Crippen molar-refractivity contribution < 1.29 is 9.90 Å². The van der Waals surface area contributed by atoms with Crippen molar-refractivity contribution in [2.45, 2.75) is 12.2 Å². The molecule has 1 unspecified atom stereocenters. The smallest absolute Gasteiger partial charge is 0.335 e. The van der Waals surface area contributed by atoms with Crippen molar-refractivity contribution in [3.8, 4) is 0 Å². The van der Waals surface area contributed by atoms with Gasteiger partial charge in [-0.05, 0) is 24.5 Å². The highest BCUT2D eigenvalue weighted by molar-refractivity contribution is 7.99. The van der Waals surface area contributed by atoms with E-state index in [-0.39, 0.29) is 5.56 Å². The largest absolute Gasteiger partial charge is 0.478 e. The van der Waals surface area contributed by atoms with Crippen molar-refractivity contribution in [2.75, 3.05) is 18.1 Å². The van der Waals surface area contributed by atoms with Crippen molar-refractivity contribution in [2.24, 2.45) is 0 Å². The van der Waals surface area contributed by atoms with Crippen molar-refractivity contribution in [3.63, 3.8) is 0 Å². The fourth-order valence-corrected chi connectivity index (χ4v) is 1.90. The predicted molar refractivity (Wildman–Crippen MR) is 78.0 cm³/mol. The summed E-state index contributed by atoms with van der Waals surface area (Å²) in [6.07, 6.45) is 3.50. The lowest BCUT2D eigenvalue weighted by Crippen LogP contribution is -2.13. The van der Waals surface area contributed by atoms with Crippen molar-refractivity contribution in [3.05, 3.63) is 30.1 Å². The number of aromatic nitrogens is 2. The Morgan fingerprint density at radius 2 is 2.26 bits per heavy atom. The number of carbonyl (C=O) groups is 1. The predicted octanol–water partition coefficient (Wildman–Crippen LogP) is 2.49. The maximum Gasteiger partial charge on any atom is 0.335 e. The topological polar surface area (TPSA) is 75.1 Å². The number of nitrogens with one attached hydrogen (secondary N) is 1. The number of rotatable bonds is 5. The number of carboxylic acid groups (broad SMARTS) is 1. The zero-order valence-electron chi connectivity index (χ0n) is 10.8. The second kappa shape index (κ2) is 5.88. The van der Waals surface area contributed by atoms with Gasteiger partial charge in [-0.15, -0.1) is 0 Å². The van der Waals surface area contributed by atoms with Crippen LogP contribution in [-0.2, 0) is 0 Å². The fraction of sp³-hybridized carbons (Fsp3) is 0.308. The first-order valence-electron chi connectivity index (χ1n) is 5.86. The Morgan fingerprint density at radius 1 is 1.47 bits per heavy atom. The van der Waals surface area contributed by atoms with E-state index in [1.165, 1.54) is 6.33 Å². The van der Waals surface area contributed by atoms with Crippen molar-refractivity contribution >= 4 is 34.5 Å². The van der Waals surface area contributed by atoms with Crippen LogP contribution in [-0.4, -0.2) is 39.1 Å². The molecule has 0 aliphatic rings. The van der Waals surface area contributed by atoms with Crippen LogP contribution in [0.5, 0.6) is 0 Å². The van der Waals surface area contributed by atoms with E-state index in [0.717, 1.165) is 17.7 Å². The number of hydrogen-bond acceptors (Lipinski definition) is 5. The molecule has 0 spiro atoms. The summed E-state index contributed by atoms with van der Waals surface area (Å²) in [5.74, 6) is -0.214. The number of aromatic carboxylic acids is 1. The lowest BCUT2D eigenvalue weighted by Gasteiger charge is -2.12. The molecule has 6 heteroatoms. The summed E-state index contributed by atoms with van der Waals surface area (Å²) in [5, 5.41) is 13.5. The Bertz CT molecular complexity index is 603. The van der Waals surface area contributed by atoms with Crippen LogP contribution >= 0.6 is 11.8 Å². The van der Waals surface area contributed by atoms with Gasteiger partial charge in [0.1, 0.15) is 12.1 Å². The molecule has 0 fully saturated rings. The maximum absolute atomic E-state index is 10.9. The third-order valence-corrected chi connectivity index (χ3v) is 3.81. The van der Waals surface area contributed by atoms with Gasteiger partial charge in [-0.25, -0.2) is 14.8 Å². The number of thioether (sulfide) groups is 1. The lowest BCUT2D eigenvalue weighted by atomic mass is 10.1. The van der Waals surface area contributed by atoms with E-state index in [1.807, 2.05) is 0 Å². The number of anilines is 1. The van der Waals surface area contributed by atoms with Gasteiger partial charge in [0, 0.05) is 17.2 Å². The maximum atomic E-state index is 10.9. The quantitative estimate of drug-likeness (QED) is 0.874. The van der Waals surface area contributed by atoms with Crippen LogP contribution in [0.2, 0.25) is 0 Å². The fourth-order valence-electron chi connectivity index (χ4n) is 1.65. The van der Waals surface area contributed by atoms with E-state index >= 15 is 0 Å². The zero-order chi connectivity index (χ0) is 13.8. The zero-order valence-corrected chi connectivity index (χ0v) is 11.6. The van der Waals surface area contributed by atoms with E-state index in [9.17, 15) is 4.79 Å². The summed E-state index contributed by atoms with van der Waals surface area (Å²) < 4.78 is 0. The summed E-state index contributed by atoms with van der Waals surface area (Å²) >= 11 is 1.77. The van der Waals surface area contributed by atoms with Crippen LogP contribution in [0.1, 0.15) is 17.3 Å². The van der Waals surface area contributed by atoms with Crippen molar-refractivity contribution in [1.29, 1.82) is 0 Å². The van der Waals surface area contributed by atoms with Gasteiger partial charge in [0.05, 0.1) is 11.1 Å². The SMILES string of the molecule is CSC(C)CNc1ncnc2cc(C(=O)O)ccc12. The summed E-state index contributed by atoms with van der Waals surface area (Å²) in [6.45, 7) is 2.93. The third kappa shape index (κ3) is 3.14.